The Bertz CT molecular complexity index is 1090. The third-order valence-electron chi connectivity index (χ3n) is 5.05. The second kappa shape index (κ2) is 8.94. The minimum atomic E-state index is -4.99. The van der Waals surface area contributed by atoms with Crippen LogP contribution in [0.5, 0.6) is 0 Å². The summed E-state index contributed by atoms with van der Waals surface area (Å²) >= 11 is 0. The molecule has 0 aliphatic carbocycles. The van der Waals surface area contributed by atoms with Gasteiger partial charge in [0.15, 0.2) is 23.1 Å². The largest absolute Gasteiger partial charge is 0.422 e. The van der Waals surface area contributed by atoms with Gasteiger partial charge in [0.2, 0.25) is 5.60 Å². The summed E-state index contributed by atoms with van der Waals surface area (Å²) in [6.07, 6.45) is -0.365. The summed E-state index contributed by atoms with van der Waals surface area (Å²) in [5, 5.41) is 15.9. The summed E-state index contributed by atoms with van der Waals surface area (Å²) in [6, 6.07) is 0.477. The first kappa shape index (κ1) is 23.8. The molecule has 0 saturated carbocycles. The van der Waals surface area contributed by atoms with Gasteiger partial charge >= 0.3 is 6.18 Å². The van der Waals surface area contributed by atoms with Crippen molar-refractivity contribution < 1.29 is 27.1 Å². The standard InChI is InChI=1S/C20H23F5N6O/c1-4-5-11(7-26-3)29-18-13(22)6-12(21)17(30-18)14-8-28-16-9-27-15(10-31(14)16)19(2,32)20(23,24)25/h6,8-11,26,32H,4-5,7H2,1-3H3,(H,29,30). The SMILES string of the molecule is CCCC(CNC)Nc1nc(-c2cnc3cnc(C(C)(O)C(F)(F)F)cn23)c(F)cc1F. The molecule has 0 radical (unpaired) electrons. The first-order valence-corrected chi connectivity index (χ1v) is 9.89. The monoisotopic (exact) mass is 458 g/mol. The van der Waals surface area contributed by atoms with E-state index >= 15 is 0 Å². The van der Waals surface area contributed by atoms with Gasteiger partial charge < -0.3 is 15.7 Å². The lowest BCUT2D eigenvalue weighted by Gasteiger charge is -2.25. The number of aliphatic hydroxyl groups is 1. The van der Waals surface area contributed by atoms with Crippen LogP contribution in [0.3, 0.4) is 0 Å². The van der Waals surface area contributed by atoms with E-state index in [1.807, 2.05) is 6.92 Å². The molecule has 3 rings (SSSR count). The minimum absolute atomic E-state index is 0.0252. The molecule has 0 aromatic carbocycles. The number of hydrogen-bond acceptors (Lipinski definition) is 6. The highest BCUT2D eigenvalue weighted by Crippen LogP contribution is 2.38. The van der Waals surface area contributed by atoms with E-state index in [2.05, 4.69) is 25.6 Å². The topological polar surface area (TPSA) is 87.4 Å². The molecule has 0 aliphatic rings. The van der Waals surface area contributed by atoms with Gasteiger partial charge in [0.05, 0.1) is 23.8 Å². The molecule has 2 unspecified atom stereocenters. The molecule has 0 saturated heterocycles. The number of fused-ring (bicyclic) bond motifs is 1. The van der Waals surface area contributed by atoms with Crippen molar-refractivity contribution in [2.24, 2.45) is 0 Å². The Hall–Kier alpha value is -2.86. The number of pyridine rings is 1. The molecule has 2 atom stereocenters. The van der Waals surface area contributed by atoms with Crippen LogP contribution in [0, 0.1) is 11.6 Å². The van der Waals surface area contributed by atoms with Gasteiger partial charge in [-0.1, -0.05) is 13.3 Å². The summed E-state index contributed by atoms with van der Waals surface area (Å²) in [5.41, 5.74) is -4.20. The third-order valence-corrected chi connectivity index (χ3v) is 5.05. The molecule has 12 heteroatoms. The van der Waals surface area contributed by atoms with E-state index in [1.165, 1.54) is 6.20 Å². The van der Waals surface area contributed by atoms with Crippen LogP contribution in [0.2, 0.25) is 0 Å². The van der Waals surface area contributed by atoms with Crippen LogP contribution in [0.15, 0.2) is 24.7 Å². The second-order valence-electron chi connectivity index (χ2n) is 7.55. The Labute approximate surface area is 180 Å². The Morgan fingerprint density at radius 1 is 1.16 bits per heavy atom. The fourth-order valence-corrected chi connectivity index (χ4v) is 3.22. The number of nitrogens with zero attached hydrogens (tertiary/aromatic N) is 4. The Morgan fingerprint density at radius 3 is 2.50 bits per heavy atom. The zero-order valence-corrected chi connectivity index (χ0v) is 17.6. The first-order chi connectivity index (χ1) is 15.0. The lowest BCUT2D eigenvalue weighted by Crippen LogP contribution is -2.40. The van der Waals surface area contributed by atoms with E-state index in [9.17, 15) is 27.1 Å². The predicted octanol–water partition coefficient (Wildman–Crippen LogP) is 3.64. The zero-order chi connectivity index (χ0) is 23.7. The third kappa shape index (κ3) is 4.51. The predicted molar refractivity (Wildman–Crippen MR) is 108 cm³/mol. The summed E-state index contributed by atoms with van der Waals surface area (Å²) in [4.78, 5) is 11.7. The maximum absolute atomic E-state index is 14.7. The summed E-state index contributed by atoms with van der Waals surface area (Å²) in [7, 11) is 1.74. The second-order valence-corrected chi connectivity index (χ2v) is 7.55. The van der Waals surface area contributed by atoms with Crippen LogP contribution >= 0.6 is 0 Å². The van der Waals surface area contributed by atoms with Gasteiger partial charge in [-0.05, 0) is 20.4 Å². The maximum Gasteiger partial charge on any atom is 0.422 e. The number of imidazole rings is 1. The minimum Gasteiger partial charge on any atom is -0.375 e. The number of hydrogen-bond donors (Lipinski definition) is 3. The molecule has 0 spiro atoms. The van der Waals surface area contributed by atoms with Gasteiger partial charge in [0, 0.05) is 24.8 Å². The summed E-state index contributed by atoms with van der Waals surface area (Å²) < 4.78 is 69.9. The van der Waals surface area contributed by atoms with Crippen molar-refractivity contribution in [2.45, 2.75) is 44.5 Å². The number of aromatic nitrogens is 4. The number of alkyl halides is 3. The Kier molecular flexibility index (Phi) is 6.65. The van der Waals surface area contributed by atoms with Crippen LogP contribution in [0.25, 0.3) is 17.0 Å². The van der Waals surface area contributed by atoms with E-state index in [0.717, 1.165) is 23.2 Å². The molecule has 3 N–H and O–H groups in total. The number of rotatable bonds is 8. The van der Waals surface area contributed by atoms with Crippen molar-refractivity contribution >= 4 is 11.5 Å². The van der Waals surface area contributed by atoms with Gasteiger partial charge in [-0.15, -0.1) is 0 Å². The molecular formula is C20H23F5N6O. The molecule has 0 amide bonds. The van der Waals surface area contributed by atoms with E-state index in [4.69, 9.17) is 0 Å². The highest BCUT2D eigenvalue weighted by molar-refractivity contribution is 5.62. The van der Waals surface area contributed by atoms with Gasteiger partial charge in [0.25, 0.3) is 0 Å². The molecule has 0 aliphatic heterocycles. The molecule has 7 nitrogen and oxygen atoms in total. The fourth-order valence-electron chi connectivity index (χ4n) is 3.22. The molecule has 3 aromatic rings. The van der Waals surface area contributed by atoms with E-state index in [0.29, 0.717) is 26.0 Å². The van der Waals surface area contributed by atoms with Crippen LogP contribution in [-0.2, 0) is 5.60 Å². The van der Waals surface area contributed by atoms with Crippen molar-refractivity contribution in [1.29, 1.82) is 0 Å². The van der Waals surface area contributed by atoms with Crippen LogP contribution in [0.4, 0.5) is 27.8 Å². The number of anilines is 1. The Balaban J connectivity index is 2.09. The average molecular weight is 458 g/mol. The van der Waals surface area contributed by atoms with Crippen molar-refractivity contribution in [2.75, 3.05) is 18.9 Å². The molecule has 174 valence electrons. The molecule has 0 fully saturated rings. The molecular weight excluding hydrogens is 435 g/mol. The highest BCUT2D eigenvalue weighted by Gasteiger charge is 2.52. The van der Waals surface area contributed by atoms with Gasteiger partial charge in [-0.2, -0.15) is 13.2 Å². The fraction of sp³-hybridized carbons (Fsp3) is 0.450. The normalized spacial score (nSPS) is 15.0. The molecule has 0 bridgehead atoms. The lowest BCUT2D eigenvalue weighted by atomic mass is 10.0. The quantitative estimate of drug-likeness (QED) is 0.447. The van der Waals surface area contributed by atoms with Crippen molar-refractivity contribution in [1.82, 2.24) is 24.7 Å². The van der Waals surface area contributed by atoms with E-state index < -0.39 is 29.1 Å². The van der Waals surface area contributed by atoms with E-state index in [-0.39, 0.29) is 28.9 Å². The number of likely N-dealkylation sites (N-methyl/N-ethyl adjacent to an activating group) is 1. The van der Waals surface area contributed by atoms with E-state index in [1.54, 1.807) is 7.05 Å². The van der Waals surface area contributed by atoms with Crippen molar-refractivity contribution in [3.8, 4) is 11.4 Å². The number of nitrogens with one attached hydrogen (secondary N) is 2. The maximum atomic E-state index is 14.7. The van der Waals surface area contributed by atoms with Crippen molar-refractivity contribution in [3.05, 3.63) is 42.0 Å². The van der Waals surface area contributed by atoms with Crippen LogP contribution in [0.1, 0.15) is 32.4 Å². The van der Waals surface area contributed by atoms with Gasteiger partial charge in [0.1, 0.15) is 5.69 Å². The van der Waals surface area contributed by atoms with Crippen LogP contribution in [-0.4, -0.2) is 50.3 Å². The summed E-state index contributed by atoms with van der Waals surface area (Å²) in [6.45, 7) is 3.04. The highest BCUT2D eigenvalue weighted by atomic mass is 19.4. The summed E-state index contributed by atoms with van der Waals surface area (Å²) in [5.74, 6) is -2.11. The zero-order valence-electron chi connectivity index (χ0n) is 17.6. The molecule has 32 heavy (non-hydrogen) atoms. The van der Waals surface area contributed by atoms with Crippen LogP contribution < -0.4 is 10.6 Å². The van der Waals surface area contributed by atoms with Gasteiger partial charge in [-0.25, -0.2) is 18.7 Å². The number of halogens is 5. The first-order valence-electron chi connectivity index (χ1n) is 9.89. The molecule has 3 aromatic heterocycles. The smallest absolute Gasteiger partial charge is 0.375 e. The molecule has 3 heterocycles. The lowest BCUT2D eigenvalue weighted by molar-refractivity contribution is -0.260. The Morgan fingerprint density at radius 2 is 1.88 bits per heavy atom. The average Bonchev–Trinajstić information content (AvgIpc) is 3.12. The van der Waals surface area contributed by atoms with Crippen molar-refractivity contribution in [3.63, 3.8) is 0 Å². The van der Waals surface area contributed by atoms with Gasteiger partial charge in [-0.3, -0.25) is 9.38 Å².